The molecule has 0 spiro atoms. The number of carbonyl (C=O) groups excluding carboxylic acids is 1. The number of carboxylic acid groups (broad SMARTS) is 1. The van der Waals surface area contributed by atoms with E-state index >= 15 is 0 Å². The van der Waals surface area contributed by atoms with Crippen molar-refractivity contribution in [3.8, 4) is 17.0 Å². The second-order valence-electron chi connectivity index (χ2n) is 11.4. The Bertz CT molecular complexity index is 1390. The zero-order valence-electron chi connectivity index (χ0n) is 24.3. The number of carboxylic acids is 1. The molecule has 2 fully saturated rings. The Morgan fingerprint density at radius 2 is 1.88 bits per heavy atom. The van der Waals surface area contributed by atoms with E-state index in [0.717, 1.165) is 71.2 Å². The van der Waals surface area contributed by atoms with Crippen LogP contribution in [0, 0.1) is 31.6 Å². The van der Waals surface area contributed by atoms with E-state index in [1.807, 2.05) is 44.3 Å². The molecule has 1 unspecified atom stereocenters. The average molecular weight is 578 g/mol. The summed E-state index contributed by atoms with van der Waals surface area (Å²) in [5.41, 5.74) is 5.62. The Labute approximate surface area is 245 Å². The summed E-state index contributed by atoms with van der Waals surface area (Å²) in [5, 5.41) is 12.7. The van der Waals surface area contributed by atoms with E-state index in [1.165, 1.54) is 0 Å². The van der Waals surface area contributed by atoms with Crippen LogP contribution in [0.5, 0.6) is 5.75 Å². The van der Waals surface area contributed by atoms with E-state index in [2.05, 4.69) is 23.3 Å². The van der Waals surface area contributed by atoms with Gasteiger partial charge in [0.15, 0.2) is 5.13 Å². The first-order chi connectivity index (χ1) is 19.7. The van der Waals surface area contributed by atoms with Gasteiger partial charge in [0.05, 0.1) is 11.6 Å². The Morgan fingerprint density at radius 3 is 2.56 bits per heavy atom. The number of piperidine rings is 1. The van der Waals surface area contributed by atoms with Crippen molar-refractivity contribution in [2.75, 3.05) is 45.3 Å². The van der Waals surface area contributed by atoms with Crippen molar-refractivity contribution in [2.45, 2.75) is 39.7 Å². The first-order valence-electron chi connectivity index (χ1n) is 14.3. The van der Waals surface area contributed by atoms with E-state index in [0.29, 0.717) is 25.3 Å². The van der Waals surface area contributed by atoms with Gasteiger partial charge in [0.1, 0.15) is 12.4 Å². The molecule has 2 aliphatic rings. The fourth-order valence-corrected chi connectivity index (χ4v) is 7.05. The predicted molar refractivity (Wildman–Crippen MR) is 161 cm³/mol. The number of amides is 1. The summed E-state index contributed by atoms with van der Waals surface area (Å²) >= 11 is 1.61. The number of aromatic nitrogens is 1. The molecule has 8 nitrogen and oxygen atoms in total. The van der Waals surface area contributed by atoms with Crippen LogP contribution in [-0.2, 0) is 16.1 Å². The maximum Gasteiger partial charge on any atom is 0.307 e. The average Bonchev–Trinajstić information content (AvgIpc) is 3.55. The number of anilines is 1. The highest BCUT2D eigenvalue weighted by Crippen LogP contribution is 2.44. The van der Waals surface area contributed by atoms with Gasteiger partial charge < -0.3 is 24.4 Å². The Morgan fingerprint density at radius 1 is 1.12 bits per heavy atom. The lowest BCUT2D eigenvalue weighted by atomic mass is 9.85. The minimum atomic E-state index is -0.653. The van der Waals surface area contributed by atoms with Gasteiger partial charge >= 0.3 is 5.97 Å². The van der Waals surface area contributed by atoms with Gasteiger partial charge in [0.2, 0.25) is 0 Å². The molecule has 9 heteroatoms. The topological polar surface area (TPSA) is 92.2 Å². The molecule has 41 heavy (non-hydrogen) atoms. The highest BCUT2D eigenvalue weighted by molar-refractivity contribution is 7.14. The zero-order chi connectivity index (χ0) is 29.1. The molecule has 2 bridgehead atoms. The summed E-state index contributed by atoms with van der Waals surface area (Å²) in [6.07, 6.45) is 2.75. The van der Waals surface area contributed by atoms with E-state index in [-0.39, 0.29) is 23.7 Å². The molecule has 2 aromatic carbocycles. The van der Waals surface area contributed by atoms with Crippen molar-refractivity contribution in [3.63, 3.8) is 0 Å². The molecule has 1 N–H and O–H groups in total. The minimum absolute atomic E-state index is 0.00276. The van der Waals surface area contributed by atoms with Gasteiger partial charge in [0, 0.05) is 56.9 Å². The smallest absolute Gasteiger partial charge is 0.307 e. The number of benzene rings is 2. The highest BCUT2D eigenvalue weighted by atomic mass is 32.1. The number of aliphatic carboxylic acids is 1. The van der Waals surface area contributed by atoms with Crippen LogP contribution in [0.2, 0.25) is 0 Å². The lowest BCUT2D eigenvalue weighted by Crippen LogP contribution is -2.44. The van der Waals surface area contributed by atoms with Crippen LogP contribution in [0.25, 0.3) is 11.3 Å². The van der Waals surface area contributed by atoms with Crippen LogP contribution in [0.4, 0.5) is 5.13 Å². The Balaban J connectivity index is 1.27. The standard InChI is InChI=1S/C32H39N3O5S/c1-20-6-11-28(40-18-25-10-7-22(15-21(25)2)30(36)34(3)12-5-13-39-4)26(14-20)27-19-41-32(33-27)35-16-23-8-9-24(17-35)29(23)31(37)38/h6-7,10-11,14-15,19,23-24,29H,5,8-9,12-13,16-18H2,1-4H3,(H,37,38)/t23-,24?,29+/m1/s1. The molecular weight excluding hydrogens is 538 g/mol. The van der Waals surface area contributed by atoms with Crippen molar-refractivity contribution in [1.82, 2.24) is 9.88 Å². The molecule has 1 saturated carbocycles. The fraction of sp³-hybridized carbons (Fsp3) is 0.469. The van der Waals surface area contributed by atoms with Crippen LogP contribution >= 0.6 is 11.3 Å². The van der Waals surface area contributed by atoms with Gasteiger partial charge in [-0.15, -0.1) is 11.3 Å². The van der Waals surface area contributed by atoms with Crippen LogP contribution in [0.3, 0.4) is 0 Å². The molecule has 0 radical (unpaired) electrons. The molecule has 3 atom stereocenters. The lowest BCUT2D eigenvalue weighted by molar-refractivity contribution is -0.144. The molecule has 1 amide bonds. The SMILES string of the molecule is COCCCN(C)C(=O)c1ccc(COc2ccc(C)cc2-c2csc(N3CC4CC[C@H](C3)[C@@H]4C(=O)O)n2)c(C)c1. The van der Waals surface area contributed by atoms with Gasteiger partial charge in [-0.1, -0.05) is 17.7 Å². The number of ether oxygens (including phenoxy) is 2. The van der Waals surface area contributed by atoms with E-state index in [4.69, 9.17) is 14.5 Å². The first-order valence-corrected chi connectivity index (χ1v) is 15.1. The number of aryl methyl sites for hydroxylation is 2. The predicted octanol–water partition coefficient (Wildman–Crippen LogP) is 5.66. The summed E-state index contributed by atoms with van der Waals surface area (Å²) in [7, 11) is 3.48. The Kier molecular flexibility index (Phi) is 8.94. The van der Waals surface area contributed by atoms with E-state index in [1.54, 1.807) is 23.3 Å². The lowest BCUT2D eigenvalue weighted by Gasteiger charge is -2.35. The van der Waals surface area contributed by atoms with Gasteiger partial charge in [0.25, 0.3) is 5.91 Å². The molecule has 2 heterocycles. The van der Waals surface area contributed by atoms with Gasteiger partial charge in [-0.3, -0.25) is 9.59 Å². The third-order valence-corrected chi connectivity index (χ3v) is 9.36. The largest absolute Gasteiger partial charge is 0.488 e. The van der Waals surface area contributed by atoms with Crippen molar-refractivity contribution in [3.05, 3.63) is 64.0 Å². The maximum atomic E-state index is 12.8. The van der Waals surface area contributed by atoms with Crippen molar-refractivity contribution < 1.29 is 24.2 Å². The molecule has 5 rings (SSSR count). The third-order valence-electron chi connectivity index (χ3n) is 8.45. The molecule has 1 aliphatic heterocycles. The fourth-order valence-electron chi connectivity index (χ4n) is 6.20. The van der Waals surface area contributed by atoms with Gasteiger partial charge in [-0.2, -0.15) is 0 Å². The number of fused-ring (bicyclic) bond motifs is 2. The van der Waals surface area contributed by atoms with Crippen molar-refractivity contribution in [1.29, 1.82) is 0 Å². The van der Waals surface area contributed by atoms with Crippen LogP contribution in [-0.4, -0.2) is 67.3 Å². The quantitative estimate of drug-likeness (QED) is 0.294. The number of thiazole rings is 1. The first kappa shape index (κ1) is 29.1. The summed E-state index contributed by atoms with van der Waals surface area (Å²) in [4.78, 5) is 33.6. The van der Waals surface area contributed by atoms with Crippen LogP contribution in [0.15, 0.2) is 41.8 Å². The second kappa shape index (κ2) is 12.6. The van der Waals surface area contributed by atoms with E-state index in [9.17, 15) is 14.7 Å². The van der Waals surface area contributed by atoms with Gasteiger partial charge in [-0.25, -0.2) is 4.98 Å². The van der Waals surface area contributed by atoms with Crippen molar-refractivity contribution in [2.24, 2.45) is 17.8 Å². The molecule has 218 valence electrons. The number of nitrogens with zero attached hydrogens (tertiary/aromatic N) is 3. The molecule has 3 aromatic rings. The Hall–Kier alpha value is -3.43. The van der Waals surface area contributed by atoms with Crippen molar-refractivity contribution >= 4 is 28.3 Å². The molecule has 1 aliphatic carbocycles. The summed E-state index contributed by atoms with van der Waals surface area (Å²) in [6.45, 7) is 7.21. The number of hydrogen-bond acceptors (Lipinski definition) is 7. The third kappa shape index (κ3) is 6.41. The molecule has 1 saturated heterocycles. The monoisotopic (exact) mass is 577 g/mol. The summed E-state index contributed by atoms with van der Waals surface area (Å²) < 4.78 is 11.4. The van der Waals surface area contributed by atoms with Crippen LogP contribution < -0.4 is 9.64 Å². The summed E-state index contributed by atoms with van der Waals surface area (Å²) in [6, 6.07) is 11.9. The number of carbonyl (C=O) groups is 2. The number of methoxy groups -OCH3 is 1. The second-order valence-corrected chi connectivity index (χ2v) is 12.2. The van der Waals surface area contributed by atoms with E-state index < -0.39 is 5.97 Å². The highest BCUT2D eigenvalue weighted by Gasteiger charge is 2.46. The molecular formula is C32H39N3O5S. The minimum Gasteiger partial charge on any atom is -0.488 e. The van der Waals surface area contributed by atoms with Gasteiger partial charge in [-0.05, 0) is 80.3 Å². The number of hydrogen-bond donors (Lipinski definition) is 1. The number of rotatable bonds is 11. The normalized spacial score (nSPS) is 19.8. The zero-order valence-corrected chi connectivity index (χ0v) is 25.1. The molecule has 1 aromatic heterocycles. The maximum absolute atomic E-state index is 12.8. The summed E-state index contributed by atoms with van der Waals surface area (Å²) in [5.74, 6) is 0.265. The van der Waals surface area contributed by atoms with Crippen LogP contribution in [0.1, 0.15) is 46.3 Å².